The van der Waals surface area contributed by atoms with Gasteiger partial charge in [-0.2, -0.15) is 0 Å². The molecule has 1 heteroatoms. The van der Waals surface area contributed by atoms with Crippen LogP contribution in [0.25, 0.3) is 33.0 Å². The third-order valence-corrected chi connectivity index (χ3v) is 13.7. The van der Waals surface area contributed by atoms with Crippen molar-refractivity contribution in [1.29, 1.82) is 0 Å². The summed E-state index contributed by atoms with van der Waals surface area (Å²) in [6.07, 6.45) is 6.56. The number of fused-ring (bicyclic) bond motifs is 7. The van der Waals surface area contributed by atoms with Crippen molar-refractivity contribution in [2.45, 2.75) is 62.7 Å². The second-order valence-corrected chi connectivity index (χ2v) is 17.1. The molecule has 3 aliphatic rings. The van der Waals surface area contributed by atoms with Crippen molar-refractivity contribution < 1.29 is 0 Å². The average Bonchev–Trinajstić information content (AvgIpc) is 3.70. The maximum atomic E-state index is 2.57. The SMILES string of the molecule is CC1(C)c2ccccc2-c2ccc(N(c3ccc4c(c3)C(c3ccccc3)(c3cccc(C5CCCCC5)c3)c3ccccc3-4)c3cccc4ccccc34)cc21. The van der Waals surface area contributed by atoms with Crippen LogP contribution in [0.5, 0.6) is 0 Å². The highest BCUT2D eigenvalue weighted by molar-refractivity contribution is 6.00. The van der Waals surface area contributed by atoms with Crippen molar-refractivity contribution in [3.05, 3.63) is 221 Å². The predicted molar refractivity (Wildman–Crippen MR) is 239 cm³/mol. The molecule has 0 bridgehead atoms. The zero-order valence-corrected chi connectivity index (χ0v) is 32.9. The monoisotopic (exact) mass is 733 g/mol. The van der Waals surface area contributed by atoms with E-state index in [-0.39, 0.29) is 5.41 Å². The molecule has 276 valence electrons. The summed E-state index contributed by atoms with van der Waals surface area (Å²) >= 11 is 0. The van der Waals surface area contributed by atoms with Gasteiger partial charge in [-0.1, -0.05) is 185 Å². The Labute approximate surface area is 337 Å². The Morgan fingerprint density at radius 3 is 1.81 bits per heavy atom. The van der Waals surface area contributed by atoms with E-state index in [1.807, 2.05) is 0 Å². The Hall–Kier alpha value is -6.18. The van der Waals surface area contributed by atoms with Crippen LogP contribution in [0.4, 0.5) is 17.1 Å². The van der Waals surface area contributed by atoms with E-state index < -0.39 is 5.41 Å². The highest BCUT2D eigenvalue weighted by atomic mass is 15.1. The topological polar surface area (TPSA) is 3.24 Å². The van der Waals surface area contributed by atoms with Crippen molar-refractivity contribution in [1.82, 2.24) is 0 Å². The lowest BCUT2D eigenvalue weighted by molar-refractivity contribution is 0.443. The first-order chi connectivity index (χ1) is 28.0. The Bertz CT molecular complexity index is 2820. The smallest absolute Gasteiger partial charge is 0.0714 e. The summed E-state index contributed by atoms with van der Waals surface area (Å²) in [6, 6.07) is 69.2. The number of anilines is 3. The molecule has 1 fully saturated rings. The van der Waals surface area contributed by atoms with E-state index in [0.29, 0.717) is 5.92 Å². The van der Waals surface area contributed by atoms with Crippen molar-refractivity contribution in [3.63, 3.8) is 0 Å². The Morgan fingerprint density at radius 2 is 1.02 bits per heavy atom. The fourth-order valence-corrected chi connectivity index (χ4v) is 11.0. The van der Waals surface area contributed by atoms with Gasteiger partial charge >= 0.3 is 0 Å². The van der Waals surface area contributed by atoms with Gasteiger partial charge in [0.05, 0.1) is 11.1 Å². The molecule has 0 aliphatic heterocycles. The van der Waals surface area contributed by atoms with Crippen LogP contribution in [0, 0.1) is 0 Å². The van der Waals surface area contributed by atoms with Crippen LogP contribution in [0.3, 0.4) is 0 Å². The zero-order chi connectivity index (χ0) is 38.1. The molecule has 1 atom stereocenters. The summed E-state index contributed by atoms with van der Waals surface area (Å²) in [5.41, 5.74) is 17.8. The maximum Gasteiger partial charge on any atom is 0.0714 e. The molecule has 1 nitrogen and oxygen atoms in total. The van der Waals surface area contributed by atoms with Gasteiger partial charge in [-0.3, -0.25) is 0 Å². The Morgan fingerprint density at radius 1 is 0.439 bits per heavy atom. The van der Waals surface area contributed by atoms with Gasteiger partial charge in [-0.15, -0.1) is 0 Å². The van der Waals surface area contributed by atoms with E-state index >= 15 is 0 Å². The first kappa shape index (κ1) is 34.1. The molecule has 0 N–H and O–H groups in total. The summed E-state index contributed by atoms with van der Waals surface area (Å²) in [7, 11) is 0. The minimum absolute atomic E-state index is 0.113. The lowest BCUT2D eigenvalue weighted by Gasteiger charge is -2.36. The summed E-state index contributed by atoms with van der Waals surface area (Å²) < 4.78 is 0. The number of hydrogen-bond donors (Lipinski definition) is 0. The molecule has 0 amide bonds. The zero-order valence-electron chi connectivity index (χ0n) is 32.9. The van der Waals surface area contributed by atoms with Gasteiger partial charge in [0, 0.05) is 22.2 Å². The van der Waals surface area contributed by atoms with E-state index in [1.165, 1.54) is 115 Å². The molecule has 0 saturated heterocycles. The van der Waals surface area contributed by atoms with Gasteiger partial charge in [0.15, 0.2) is 0 Å². The van der Waals surface area contributed by atoms with Gasteiger partial charge in [0.1, 0.15) is 0 Å². The number of benzene rings is 8. The molecule has 0 heterocycles. The highest BCUT2D eigenvalue weighted by Gasteiger charge is 2.47. The second kappa shape index (κ2) is 13.2. The van der Waals surface area contributed by atoms with Gasteiger partial charge in [-0.05, 0) is 116 Å². The predicted octanol–water partition coefficient (Wildman–Crippen LogP) is 15.0. The van der Waals surface area contributed by atoms with Gasteiger partial charge in [0.25, 0.3) is 0 Å². The fraction of sp³-hybridized carbons (Fsp3) is 0.179. The molecular weight excluding hydrogens is 687 g/mol. The van der Waals surface area contributed by atoms with Crippen molar-refractivity contribution in [3.8, 4) is 22.3 Å². The number of rotatable bonds is 6. The van der Waals surface area contributed by atoms with Gasteiger partial charge < -0.3 is 4.90 Å². The molecule has 3 aliphatic carbocycles. The standard InChI is InChI=1S/C56H47N/c1-55(2)50-28-13-11-26-46(50)48-33-31-43(36-52(48)55)57(54-30-16-20-39-19-9-10-25-45(39)54)44-32-34-49-47-27-12-14-29-51(47)56(53(49)37-44,41-22-7-4-8-23-41)42-24-15-21-40(35-42)38-17-5-3-6-18-38/h4,7-16,19-38H,3,5-6,17-18H2,1-2H3. The van der Waals surface area contributed by atoms with Crippen LogP contribution in [0.1, 0.15) is 90.8 Å². The van der Waals surface area contributed by atoms with Crippen LogP contribution in [0.15, 0.2) is 182 Å². The molecule has 57 heavy (non-hydrogen) atoms. The first-order valence-corrected chi connectivity index (χ1v) is 21.0. The summed E-state index contributed by atoms with van der Waals surface area (Å²) in [6.45, 7) is 4.76. The van der Waals surface area contributed by atoms with Crippen molar-refractivity contribution in [2.24, 2.45) is 0 Å². The molecule has 11 rings (SSSR count). The third kappa shape index (κ3) is 5.14. The highest BCUT2D eigenvalue weighted by Crippen LogP contribution is 2.58. The molecule has 1 unspecified atom stereocenters. The summed E-state index contributed by atoms with van der Waals surface area (Å²) in [5, 5.41) is 2.47. The Balaban J connectivity index is 1.18. The lowest BCUT2D eigenvalue weighted by atomic mass is 9.67. The minimum atomic E-state index is -0.486. The van der Waals surface area contributed by atoms with Crippen molar-refractivity contribution in [2.75, 3.05) is 4.90 Å². The molecule has 8 aromatic rings. The van der Waals surface area contributed by atoms with Gasteiger partial charge in [0.2, 0.25) is 0 Å². The fourth-order valence-electron chi connectivity index (χ4n) is 11.0. The molecule has 0 aromatic heterocycles. The van der Waals surface area contributed by atoms with Crippen LogP contribution in [0.2, 0.25) is 0 Å². The van der Waals surface area contributed by atoms with Crippen LogP contribution < -0.4 is 4.90 Å². The molecule has 1 saturated carbocycles. The van der Waals surface area contributed by atoms with E-state index in [1.54, 1.807) is 0 Å². The van der Waals surface area contributed by atoms with Crippen LogP contribution in [-0.4, -0.2) is 0 Å². The van der Waals surface area contributed by atoms with E-state index in [9.17, 15) is 0 Å². The second-order valence-electron chi connectivity index (χ2n) is 17.1. The normalized spacial score (nSPS) is 17.8. The summed E-state index contributed by atoms with van der Waals surface area (Å²) in [4.78, 5) is 2.53. The van der Waals surface area contributed by atoms with Crippen LogP contribution in [-0.2, 0) is 10.8 Å². The number of hydrogen-bond acceptors (Lipinski definition) is 1. The quantitative estimate of drug-likeness (QED) is 0.164. The molecule has 8 aromatic carbocycles. The lowest BCUT2D eigenvalue weighted by Crippen LogP contribution is -2.29. The Kier molecular flexibility index (Phi) is 7.90. The molecule has 0 spiro atoms. The van der Waals surface area contributed by atoms with E-state index in [4.69, 9.17) is 0 Å². The molecule has 0 radical (unpaired) electrons. The van der Waals surface area contributed by atoms with Crippen molar-refractivity contribution >= 4 is 27.8 Å². The van der Waals surface area contributed by atoms with Crippen LogP contribution >= 0.6 is 0 Å². The third-order valence-electron chi connectivity index (χ3n) is 13.7. The molecular formula is C56H47N. The first-order valence-electron chi connectivity index (χ1n) is 21.0. The maximum absolute atomic E-state index is 2.57. The minimum Gasteiger partial charge on any atom is -0.310 e. The van der Waals surface area contributed by atoms with E-state index in [2.05, 4.69) is 201 Å². The number of nitrogens with zero attached hydrogens (tertiary/aromatic N) is 1. The average molecular weight is 734 g/mol. The largest absolute Gasteiger partial charge is 0.310 e. The van der Waals surface area contributed by atoms with E-state index in [0.717, 1.165) is 5.69 Å². The van der Waals surface area contributed by atoms with Gasteiger partial charge in [-0.25, -0.2) is 0 Å². The summed E-state index contributed by atoms with van der Waals surface area (Å²) in [5.74, 6) is 0.617.